The highest BCUT2D eigenvalue weighted by Gasteiger charge is 2.27. The second-order valence-corrected chi connectivity index (χ2v) is 6.44. The van der Waals surface area contributed by atoms with E-state index in [1.807, 2.05) is 54.6 Å². The van der Waals surface area contributed by atoms with Gasteiger partial charge in [-0.25, -0.2) is 4.98 Å². The molecule has 0 radical (unpaired) electrons. The maximum Gasteiger partial charge on any atom is 0.317 e. The molecule has 0 bridgehead atoms. The summed E-state index contributed by atoms with van der Waals surface area (Å²) in [6.45, 7) is 0. The molecule has 1 aliphatic heterocycles. The predicted molar refractivity (Wildman–Crippen MR) is 104 cm³/mol. The Morgan fingerprint density at radius 1 is 0.966 bits per heavy atom. The molecule has 0 saturated carbocycles. The number of Topliss-reactive ketones (excluding diaryl/α,β-unsaturated/α-hetero) is 1. The number of hydrogen-bond donors (Lipinski definition) is 1. The highest BCUT2D eigenvalue weighted by molar-refractivity contribution is 6.16. The summed E-state index contributed by atoms with van der Waals surface area (Å²) >= 11 is 0. The van der Waals surface area contributed by atoms with Crippen LogP contribution in [0.1, 0.15) is 16.7 Å². The number of benzene rings is 2. The normalized spacial score (nSPS) is 16.1. The third kappa shape index (κ3) is 3.31. The Bertz CT molecular complexity index is 1180. The van der Waals surface area contributed by atoms with Gasteiger partial charge in [0.15, 0.2) is 11.9 Å². The topological polar surface area (TPSA) is 106 Å². The molecule has 5 rings (SSSR count). The summed E-state index contributed by atoms with van der Waals surface area (Å²) in [5.41, 5.74) is 3.52. The average Bonchev–Trinajstić information content (AvgIpc) is 3.42. The molecule has 0 spiro atoms. The number of carbonyl (C=O) groups is 1. The van der Waals surface area contributed by atoms with Crippen LogP contribution < -0.4 is 5.32 Å². The molecule has 4 aromatic rings. The van der Waals surface area contributed by atoms with Crippen LogP contribution in [0.4, 0.5) is 6.01 Å². The number of nitrogens with one attached hydrogen (secondary N) is 1. The van der Waals surface area contributed by atoms with Crippen LogP contribution >= 0.6 is 0 Å². The zero-order valence-electron chi connectivity index (χ0n) is 15.1. The lowest BCUT2D eigenvalue weighted by molar-refractivity contribution is -0.119. The molecule has 0 aliphatic carbocycles. The average molecular weight is 385 g/mol. The number of aromatic nitrogens is 3. The van der Waals surface area contributed by atoms with E-state index in [9.17, 15) is 4.79 Å². The van der Waals surface area contributed by atoms with Gasteiger partial charge < -0.3 is 14.2 Å². The molecule has 29 heavy (non-hydrogen) atoms. The fourth-order valence-electron chi connectivity index (χ4n) is 3.21. The number of hydrogen-bond acceptors (Lipinski definition) is 8. The van der Waals surface area contributed by atoms with E-state index < -0.39 is 6.17 Å². The zero-order valence-corrected chi connectivity index (χ0v) is 15.1. The first kappa shape index (κ1) is 17.1. The summed E-state index contributed by atoms with van der Waals surface area (Å²) < 4.78 is 10.7. The van der Waals surface area contributed by atoms with Crippen molar-refractivity contribution in [3.63, 3.8) is 0 Å². The first-order valence-electron chi connectivity index (χ1n) is 9.02. The van der Waals surface area contributed by atoms with E-state index in [-0.39, 0.29) is 30.0 Å². The van der Waals surface area contributed by atoms with Crippen LogP contribution in [0.2, 0.25) is 0 Å². The third-order valence-electron chi connectivity index (χ3n) is 4.55. The molecule has 142 valence electrons. The van der Waals surface area contributed by atoms with Crippen molar-refractivity contribution in [2.45, 2.75) is 12.6 Å². The van der Waals surface area contributed by atoms with Crippen molar-refractivity contribution >= 4 is 17.5 Å². The van der Waals surface area contributed by atoms with Gasteiger partial charge in [-0.2, -0.15) is 0 Å². The van der Waals surface area contributed by atoms with Crippen molar-refractivity contribution in [1.82, 2.24) is 15.2 Å². The van der Waals surface area contributed by atoms with Crippen molar-refractivity contribution < 1.29 is 13.6 Å². The summed E-state index contributed by atoms with van der Waals surface area (Å²) in [5.74, 6) is 0.229. The summed E-state index contributed by atoms with van der Waals surface area (Å²) in [6.07, 6.45) is 2.27. The second kappa shape index (κ2) is 7.16. The van der Waals surface area contributed by atoms with Crippen LogP contribution in [0.3, 0.4) is 0 Å². The minimum atomic E-state index is -0.865. The summed E-state index contributed by atoms with van der Waals surface area (Å²) in [6, 6.07) is 17.6. The fourth-order valence-corrected chi connectivity index (χ4v) is 3.21. The van der Waals surface area contributed by atoms with Gasteiger partial charge in [-0.05, 0) is 5.56 Å². The SMILES string of the molecule is O=C1Cc2ccccc2C(c2ccccc2)=N[C@@H]1Nc1nnc(-c2ncco2)o1. The summed E-state index contributed by atoms with van der Waals surface area (Å²) in [5, 5.41) is 10.8. The largest absolute Gasteiger partial charge is 0.441 e. The highest BCUT2D eigenvalue weighted by Crippen LogP contribution is 2.23. The molecule has 0 saturated heterocycles. The molecule has 0 amide bonds. The van der Waals surface area contributed by atoms with E-state index in [0.29, 0.717) is 0 Å². The number of carbonyl (C=O) groups excluding carboxylic acids is 1. The molecule has 3 heterocycles. The quantitative estimate of drug-likeness (QED) is 0.575. The highest BCUT2D eigenvalue weighted by atomic mass is 16.4. The molecule has 0 unspecified atom stereocenters. The predicted octanol–water partition coefficient (Wildman–Crippen LogP) is 3.13. The lowest BCUT2D eigenvalue weighted by Crippen LogP contribution is -2.29. The van der Waals surface area contributed by atoms with Crippen molar-refractivity contribution in [3.8, 4) is 11.8 Å². The molecule has 1 N–H and O–H groups in total. The zero-order chi connectivity index (χ0) is 19.6. The smallest absolute Gasteiger partial charge is 0.317 e. The van der Waals surface area contributed by atoms with Crippen molar-refractivity contribution in [2.24, 2.45) is 4.99 Å². The van der Waals surface area contributed by atoms with Crippen LogP contribution in [-0.2, 0) is 11.2 Å². The minimum Gasteiger partial charge on any atom is -0.441 e. The number of nitrogens with zero attached hydrogens (tertiary/aromatic N) is 4. The molecule has 8 heteroatoms. The minimum absolute atomic E-state index is 0.0682. The first-order chi connectivity index (χ1) is 14.3. The molecule has 1 aliphatic rings. The lowest BCUT2D eigenvalue weighted by Gasteiger charge is -2.11. The van der Waals surface area contributed by atoms with Crippen LogP contribution in [0.25, 0.3) is 11.8 Å². The maximum atomic E-state index is 12.9. The van der Waals surface area contributed by atoms with Gasteiger partial charge in [0.1, 0.15) is 6.26 Å². The van der Waals surface area contributed by atoms with Crippen molar-refractivity contribution in [1.29, 1.82) is 0 Å². The number of ketones is 1. The van der Waals surface area contributed by atoms with Gasteiger partial charge >= 0.3 is 11.9 Å². The molecular formula is C21H15N5O3. The molecule has 2 aromatic heterocycles. The Morgan fingerprint density at radius 2 is 1.79 bits per heavy atom. The fraction of sp³-hybridized carbons (Fsp3) is 0.0952. The van der Waals surface area contributed by atoms with Crippen molar-refractivity contribution in [3.05, 3.63) is 83.7 Å². The van der Waals surface area contributed by atoms with Crippen LogP contribution in [0.5, 0.6) is 0 Å². The number of oxazole rings is 1. The summed E-state index contributed by atoms with van der Waals surface area (Å²) in [4.78, 5) is 21.6. The molecule has 1 atom stereocenters. The number of anilines is 1. The maximum absolute atomic E-state index is 12.9. The summed E-state index contributed by atoms with van der Waals surface area (Å²) in [7, 11) is 0. The lowest BCUT2D eigenvalue weighted by atomic mass is 9.96. The van der Waals surface area contributed by atoms with Gasteiger partial charge in [0.2, 0.25) is 0 Å². The van der Waals surface area contributed by atoms with Gasteiger partial charge in [-0.3, -0.25) is 9.79 Å². The first-order valence-corrected chi connectivity index (χ1v) is 9.02. The monoisotopic (exact) mass is 385 g/mol. The number of rotatable bonds is 4. The van der Waals surface area contributed by atoms with Crippen LogP contribution in [-0.4, -0.2) is 32.8 Å². The van der Waals surface area contributed by atoms with E-state index in [4.69, 9.17) is 13.8 Å². The van der Waals surface area contributed by atoms with Gasteiger partial charge in [-0.15, -0.1) is 5.10 Å². The van der Waals surface area contributed by atoms with Gasteiger partial charge in [0.05, 0.1) is 11.9 Å². The Balaban J connectivity index is 1.52. The third-order valence-corrected chi connectivity index (χ3v) is 4.55. The second-order valence-electron chi connectivity index (χ2n) is 6.44. The van der Waals surface area contributed by atoms with E-state index >= 15 is 0 Å². The van der Waals surface area contributed by atoms with Crippen LogP contribution in [0, 0.1) is 0 Å². The van der Waals surface area contributed by atoms with Gasteiger partial charge in [0, 0.05) is 17.5 Å². The Labute approximate surface area is 165 Å². The Hall–Kier alpha value is -4.07. The molecule has 8 nitrogen and oxygen atoms in total. The van der Waals surface area contributed by atoms with E-state index in [1.165, 1.54) is 12.5 Å². The number of aliphatic imine (C=N–C) groups is 1. The molecular weight excluding hydrogens is 370 g/mol. The molecule has 2 aromatic carbocycles. The van der Waals surface area contributed by atoms with Crippen molar-refractivity contribution in [2.75, 3.05) is 5.32 Å². The standard InChI is InChI=1S/C21H15N5O3/c27-16-12-14-8-4-5-9-15(14)17(13-6-2-1-3-7-13)23-18(16)24-21-26-25-20(29-21)19-22-10-11-28-19/h1-11,18H,12H2,(H,24,26)/t18-/m1/s1. The van der Waals surface area contributed by atoms with E-state index in [2.05, 4.69) is 20.5 Å². The van der Waals surface area contributed by atoms with E-state index in [1.54, 1.807) is 0 Å². The molecule has 0 fully saturated rings. The Morgan fingerprint density at radius 3 is 2.62 bits per heavy atom. The van der Waals surface area contributed by atoms with Crippen LogP contribution in [0.15, 0.2) is 80.9 Å². The van der Waals surface area contributed by atoms with E-state index in [0.717, 1.165) is 22.4 Å². The van der Waals surface area contributed by atoms with Gasteiger partial charge in [-0.1, -0.05) is 59.7 Å². The van der Waals surface area contributed by atoms with Gasteiger partial charge in [0.25, 0.3) is 5.89 Å². The Kier molecular flexibility index (Phi) is 4.21. The number of fused-ring (bicyclic) bond motifs is 1.